The van der Waals surface area contributed by atoms with Gasteiger partial charge in [-0.3, -0.25) is 4.79 Å². The Morgan fingerprint density at radius 1 is 0.667 bits per heavy atom. The van der Waals surface area contributed by atoms with Gasteiger partial charge in [0.1, 0.15) is 11.6 Å². The van der Waals surface area contributed by atoms with E-state index in [9.17, 15) is 28.0 Å². The van der Waals surface area contributed by atoms with E-state index in [1.54, 1.807) is 62.4 Å². The van der Waals surface area contributed by atoms with Gasteiger partial charge in [0.15, 0.2) is 0 Å². The van der Waals surface area contributed by atoms with Crippen molar-refractivity contribution in [1.82, 2.24) is 0 Å². The molecule has 2 aliphatic rings. The third-order valence-electron chi connectivity index (χ3n) is 7.36. The minimum Gasteiger partial charge on any atom is -0.478 e. The Labute approximate surface area is 346 Å². The van der Waals surface area contributed by atoms with Crippen molar-refractivity contribution in [2.24, 2.45) is 0 Å². The molecule has 6 rings (SSSR count). The van der Waals surface area contributed by atoms with Gasteiger partial charge in [-0.1, -0.05) is 70.7 Å². The van der Waals surface area contributed by atoms with E-state index in [1.165, 1.54) is 49.1 Å². The Hall–Kier alpha value is -5.34. The van der Waals surface area contributed by atoms with Crippen molar-refractivity contribution in [2.75, 3.05) is 10.2 Å². The number of esters is 2. The molecule has 57 heavy (non-hydrogen) atoms. The summed E-state index contributed by atoms with van der Waals surface area (Å²) < 4.78 is 45.8. The first kappa shape index (κ1) is 44.4. The number of ether oxygens (including phenoxy) is 4. The van der Waals surface area contributed by atoms with E-state index in [4.69, 9.17) is 65.7 Å². The van der Waals surface area contributed by atoms with E-state index in [0.717, 1.165) is 17.3 Å². The number of nitrogens with one attached hydrogen (secondary N) is 1. The number of aliphatic carboxylic acids is 1. The van der Waals surface area contributed by atoms with Crippen LogP contribution < -0.4 is 10.2 Å². The minimum atomic E-state index is -1.24. The van der Waals surface area contributed by atoms with E-state index in [2.05, 4.69) is 10.1 Å². The molecule has 4 aromatic carbocycles. The lowest BCUT2D eigenvalue weighted by Gasteiger charge is -2.22. The molecule has 2 saturated heterocycles. The van der Waals surface area contributed by atoms with Crippen LogP contribution in [-0.2, 0) is 51.2 Å². The number of amides is 1. The van der Waals surface area contributed by atoms with E-state index in [1.807, 2.05) is 6.07 Å². The highest BCUT2D eigenvalue weighted by Crippen LogP contribution is 2.31. The third kappa shape index (κ3) is 13.7. The van der Waals surface area contributed by atoms with Crippen LogP contribution in [0.25, 0.3) is 0 Å². The second kappa shape index (κ2) is 19.2. The summed E-state index contributed by atoms with van der Waals surface area (Å²) >= 11 is 23.8. The number of anilines is 2. The van der Waals surface area contributed by atoms with Crippen molar-refractivity contribution < 1.29 is 52.0 Å². The second-order valence-corrected chi connectivity index (χ2v) is 14.5. The summed E-state index contributed by atoms with van der Waals surface area (Å²) in [5, 5.41) is 13.1. The molecule has 11 nitrogen and oxygen atoms in total. The highest BCUT2D eigenvalue weighted by Gasteiger charge is 2.39. The van der Waals surface area contributed by atoms with Crippen molar-refractivity contribution in [3.05, 3.63) is 151 Å². The number of carboxylic acids is 1. The van der Waals surface area contributed by atoms with E-state index in [-0.39, 0.29) is 34.7 Å². The standard InChI is InChI=1S/C20H16Cl2FNO4.C13H10Cl2FN.C7H8O5/c1-20(2)27-17(19(26)28-20)10-18(25)24(11-12-3-5-13(23)6-4-12)14-7-8-15(21)16(22)9-14;14-12-6-5-11(7-13(12)15)17-8-9-1-3-10(16)4-2-9;1-7(2)11-4(3-5(8)9)6(10)12-7/h3-10H,11H2,1-2H3;1-7,17H,8H2;3H,1-2H3,(H,8,9)/b17-10-;;4-3-. The smallest absolute Gasteiger partial charge is 0.377 e. The summed E-state index contributed by atoms with van der Waals surface area (Å²) in [6.07, 6.45) is 1.74. The fraction of sp³-hybridized carbons (Fsp3) is 0.200. The van der Waals surface area contributed by atoms with Crippen LogP contribution in [0.15, 0.2) is 109 Å². The number of carboxylic acid groups (broad SMARTS) is 1. The van der Waals surface area contributed by atoms with Gasteiger partial charge in [-0.05, 0) is 71.8 Å². The van der Waals surface area contributed by atoms with Crippen LogP contribution in [-0.4, -0.2) is 40.5 Å². The molecule has 0 aromatic heterocycles. The van der Waals surface area contributed by atoms with E-state index >= 15 is 0 Å². The number of nitrogens with zero attached hydrogens (tertiary/aromatic N) is 1. The van der Waals surface area contributed by atoms with Gasteiger partial charge < -0.3 is 34.3 Å². The van der Waals surface area contributed by atoms with Crippen LogP contribution in [0.1, 0.15) is 38.8 Å². The molecule has 0 radical (unpaired) electrons. The maximum atomic E-state index is 13.2. The molecule has 1 amide bonds. The Morgan fingerprint density at radius 2 is 1.14 bits per heavy atom. The summed E-state index contributed by atoms with van der Waals surface area (Å²) in [7, 11) is 0. The number of cyclic esters (lactones) is 2. The maximum absolute atomic E-state index is 13.2. The first-order chi connectivity index (χ1) is 26.7. The third-order valence-corrected chi connectivity index (χ3v) is 8.84. The average Bonchev–Trinajstić information content (AvgIpc) is 3.55. The molecular formula is C40H34Cl4F2N2O9. The van der Waals surface area contributed by atoms with Gasteiger partial charge in [0.05, 0.1) is 38.8 Å². The van der Waals surface area contributed by atoms with Crippen molar-refractivity contribution in [2.45, 2.75) is 52.4 Å². The SMILES string of the molecule is CC1(C)OC(=O)/C(=C/C(=O)N(Cc2ccc(F)cc2)c2ccc(Cl)c(Cl)c2)O1.CC1(C)OC(=O)/C(=C/C(=O)O)O1.Fc1ccc(CNc2ccc(Cl)c(Cl)c2)cc1. The van der Waals surface area contributed by atoms with Gasteiger partial charge >= 0.3 is 17.9 Å². The molecular weight excluding hydrogens is 832 g/mol. The normalized spacial score (nSPS) is 16.2. The van der Waals surface area contributed by atoms with Gasteiger partial charge in [0, 0.05) is 45.6 Å². The zero-order chi connectivity index (χ0) is 42.1. The van der Waals surface area contributed by atoms with Gasteiger partial charge in [0.2, 0.25) is 23.1 Å². The summed E-state index contributed by atoms with van der Waals surface area (Å²) in [6.45, 7) is 6.88. The average molecular weight is 867 g/mol. The molecule has 0 bridgehead atoms. The molecule has 2 fully saturated rings. The van der Waals surface area contributed by atoms with Crippen molar-refractivity contribution in [1.29, 1.82) is 0 Å². The summed E-state index contributed by atoms with van der Waals surface area (Å²) in [5.41, 5.74) is 3.00. The fourth-order valence-corrected chi connectivity index (χ4v) is 5.41. The van der Waals surface area contributed by atoms with Crippen LogP contribution in [0.2, 0.25) is 20.1 Å². The molecule has 300 valence electrons. The molecule has 0 unspecified atom stereocenters. The monoisotopic (exact) mass is 864 g/mol. The first-order valence-corrected chi connectivity index (χ1v) is 18.2. The number of benzene rings is 4. The van der Waals surface area contributed by atoms with Crippen LogP contribution in [0.3, 0.4) is 0 Å². The molecule has 2 N–H and O–H groups in total. The molecule has 4 aromatic rings. The van der Waals surface area contributed by atoms with Crippen LogP contribution in [0.4, 0.5) is 20.2 Å². The number of rotatable bonds is 8. The quantitative estimate of drug-likeness (QED) is 0.130. The maximum Gasteiger partial charge on any atom is 0.377 e. The first-order valence-electron chi connectivity index (χ1n) is 16.7. The van der Waals surface area contributed by atoms with Gasteiger partial charge in [-0.15, -0.1) is 0 Å². The summed E-state index contributed by atoms with van der Waals surface area (Å²) in [6, 6.07) is 22.1. The van der Waals surface area contributed by atoms with Crippen molar-refractivity contribution in [3.63, 3.8) is 0 Å². The predicted molar refractivity (Wildman–Crippen MR) is 211 cm³/mol. The molecule has 0 aliphatic carbocycles. The van der Waals surface area contributed by atoms with Gasteiger partial charge in [-0.25, -0.2) is 23.2 Å². The molecule has 0 spiro atoms. The number of carbonyl (C=O) groups is 4. The summed E-state index contributed by atoms with van der Waals surface area (Å²) in [4.78, 5) is 47.2. The molecule has 17 heteroatoms. The zero-order valence-corrected chi connectivity index (χ0v) is 33.6. The highest BCUT2D eigenvalue weighted by atomic mass is 35.5. The Morgan fingerprint density at radius 3 is 1.60 bits per heavy atom. The van der Waals surface area contributed by atoms with Crippen molar-refractivity contribution >= 4 is 81.6 Å². The van der Waals surface area contributed by atoms with Crippen LogP contribution in [0.5, 0.6) is 0 Å². The lowest BCUT2D eigenvalue weighted by molar-refractivity contribution is -0.160. The van der Waals surface area contributed by atoms with E-state index < -0.39 is 35.4 Å². The van der Waals surface area contributed by atoms with Crippen molar-refractivity contribution in [3.8, 4) is 0 Å². The second-order valence-electron chi connectivity index (χ2n) is 12.9. The zero-order valence-electron chi connectivity index (χ0n) is 30.6. The minimum absolute atomic E-state index is 0.110. The van der Waals surface area contributed by atoms with E-state index in [0.29, 0.717) is 38.9 Å². The lowest BCUT2D eigenvalue weighted by atomic mass is 10.2. The van der Waals surface area contributed by atoms with Crippen LogP contribution >= 0.6 is 46.4 Å². The molecule has 0 atom stereocenters. The number of carbonyl (C=O) groups excluding carboxylic acids is 3. The number of halogens is 6. The molecule has 0 saturated carbocycles. The summed E-state index contributed by atoms with van der Waals surface area (Å²) in [5.74, 6) is -6.53. The van der Waals surface area contributed by atoms with Gasteiger partial charge in [0.25, 0.3) is 5.91 Å². The largest absolute Gasteiger partial charge is 0.478 e. The molecule has 2 heterocycles. The number of hydrogen-bond donors (Lipinski definition) is 2. The lowest BCUT2D eigenvalue weighted by Crippen LogP contribution is -2.29. The Balaban J connectivity index is 0.000000210. The predicted octanol–water partition coefficient (Wildman–Crippen LogP) is 9.87. The van der Waals surface area contributed by atoms with Gasteiger partial charge in [-0.2, -0.15) is 0 Å². The molecule has 2 aliphatic heterocycles. The Bertz CT molecular complexity index is 2200. The fourth-order valence-electron chi connectivity index (χ4n) is 4.81. The topological polar surface area (TPSA) is 141 Å². The number of hydrogen-bond acceptors (Lipinski definition) is 9. The highest BCUT2D eigenvalue weighted by molar-refractivity contribution is 6.42. The Kier molecular flexibility index (Phi) is 14.9. The van der Waals surface area contributed by atoms with Crippen LogP contribution in [0, 0.1) is 11.6 Å².